The van der Waals surface area contributed by atoms with E-state index in [-0.39, 0.29) is 17.6 Å². The van der Waals surface area contributed by atoms with Crippen LogP contribution in [-0.4, -0.2) is 30.1 Å². The Hall–Kier alpha value is -1.00. The molecule has 2 atom stereocenters. The quantitative estimate of drug-likeness (QED) is 0.889. The molecule has 112 valence electrons. The molecule has 1 heterocycles. The highest BCUT2D eigenvalue weighted by Crippen LogP contribution is 2.28. The Morgan fingerprint density at radius 1 is 1.25 bits per heavy atom. The lowest BCUT2D eigenvalue weighted by Crippen LogP contribution is -2.43. The van der Waals surface area contributed by atoms with Crippen LogP contribution in [0.2, 0.25) is 0 Å². The van der Waals surface area contributed by atoms with Gasteiger partial charge >= 0.3 is 0 Å². The molecule has 1 fully saturated rings. The van der Waals surface area contributed by atoms with Gasteiger partial charge in [-0.15, -0.1) is 0 Å². The van der Waals surface area contributed by atoms with Gasteiger partial charge in [0.2, 0.25) is 0 Å². The summed E-state index contributed by atoms with van der Waals surface area (Å²) in [5, 5.41) is 3.45. The second-order valence-electron chi connectivity index (χ2n) is 5.90. The average molecular weight is 282 g/mol. The minimum absolute atomic E-state index is 0.180. The van der Waals surface area contributed by atoms with Crippen molar-refractivity contribution in [2.75, 3.05) is 13.1 Å². The third kappa shape index (κ3) is 3.36. The van der Waals surface area contributed by atoms with Gasteiger partial charge in [-0.05, 0) is 52.3 Å². The topological polar surface area (TPSA) is 15.3 Å². The molecule has 1 N–H and O–H groups in total. The van der Waals surface area contributed by atoms with Gasteiger partial charge < -0.3 is 5.32 Å². The lowest BCUT2D eigenvalue weighted by atomic mass is 10.0. The molecule has 0 saturated carbocycles. The van der Waals surface area contributed by atoms with Crippen molar-refractivity contribution >= 4 is 0 Å². The fourth-order valence-electron chi connectivity index (χ4n) is 3.06. The number of nitrogens with zero attached hydrogens (tertiary/aromatic N) is 1. The van der Waals surface area contributed by atoms with E-state index in [1.54, 1.807) is 0 Å². The molecule has 2 rings (SSSR count). The lowest BCUT2D eigenvalue weighted by Gasteiger charge is -2.35. The Morgan fingerprint density at radius 3 is 2.40 bits per heavy atom. The number of benzene rings is 1. The Bertz CT molecular complexity index is 422. The van der Waals surface area contributed by atoms with Crippen LogP contribution in [0.25, 0.3) is 0 Å². The first kappa shape index (κ1) is 15.4. The van der Waals surface area contributed by atoms with Gasteiger partial charge in [-0.25, -0.2) is 8.78 Å². The van der Waals surface area contributed by atoms with Gasteiger partial charge in [-0.1, -0.05) is 6.07 Å². The molecule has 0 aromatic heterocycles. The van der Waals surface area contributed by atoms with E-state index in [4.69, 9.17) is 0 Å². The second-order valence-corrected chi connectivity index (χ2v) is 5.90. The Balaban J connectivity index is 2.19. The summed E-state index contributed by atoms with van der Waals surface area (Å²) in [6.07, 6.45) is 2.31. The van der Waals surface area contributed by atoms with Gasteiger partial charge in [0.05, 0.1) is 0 Å². The van der Waals surface area contributed by atoms with E-state index in [9.17, 15) is 8.78 Å². The first-order valence-electron chi connectivity index (χ1n) is 7.43. The fraction of sp³-hybridized carbons (Fsp3) is 0.625. The van der Waals surface area contributed by atoms with Crippen LogP contribution in [0, 0.1) is 11.6 Å². The highest BCUT2D eigenvalue weighted by molar-refractivity contribution is 5.23. The molecular weight excluding hydrogens is 258 g/mol. The van der Waals surface area contributed by atoms with Crippen LogP contribution in [0.4, 0.5) is 8.78 Å². The summed E-state index contributed by atoms with van der Waals surface area (Å²) in [5.74, 6) is -0.912. The molecule has 1 saturated heterocycles. The van der Waals surface area contributed by atoms with E-state index < -0.39 is 11.6 Å². The molecule has 0 spiro atoms. The average Bonchev–Trinajstić information content (AvgIpc) is 2.88. The third-order valence-electron chi connectivity index (χ3n) is 4.17. The fourth-order valence-corrected chi connectivity index (χ4v) is 3.06. The summed E-state index contributed by atoms with van der Waals surface area (Å²) in [7, 11) is 0. The van der Waals surface area contributed by atoms with E-state index in [0.717, 1.165) is 19.5 Å². The minimum atomic E-state index is -0.456. The molecule has 4 heteroatoms. The third-order valence-corrected chi connectivity index (χ3v) is 4.17. The van der Waals surface area contributed by atoms with E-state index in [1.807, 2.05) is 6.92 Å². The lowest BCUT2D eigenvalue weighted by molar-refractivity contribution is 0.144. The molecule has 2 unspecified atom stereocenters. The van der Waals surface area contributed by atoms with Crippen LogP contribution < -0.4 is 5.32 Å². The number of rotatable bonds is 5. The van der Waals surface area contributed by atoms with Crippen molar-refractivity contribution in [3.63, 3.8) is 0 Å². The summed E-state index contributed by atoms with van der Waals surface area (Å²) in [6, 6.07) is 4.49. The van der Waals surface area contributed by atoms with Crippen LogP contribution in [0.5, 0.6) is 0 Å². The van der Waals surface area contributed by atoms with Crippen LogP contribution in [0.15, 0.2) is 18.2 Å². The standard InChI is InChI=1S/C16H24F2N2/c1-11(2)20(10-13-6-5-9-19-13)12(3)16-14(17)7-4-8-15(16)18/h4,7-8,11-13,19H,5-6,9-10H2,1-3H3. The Kier molecular flexibility index (Phi) is 5.11. The highest BCUT2D eigenvalue weighted by Gasteiger charge is 2.27. The van der Waals surface area contributed by atoms with Crippen LogP contribution in [0.1, 0.15) is 45.2 Å². The molecule has 0 bridgehead atoms. The molecule has 1 aliphatic rings. The zero-order valence-electron chi connectivity index (χ0n) is 12.5. The first-order valence-corrected chi connectivity index (χ1v) is 7.43. The van der Waals surface area contributed by atoms with Crippen LogP contribution >= 0.6 is 0 Å². The van der Waals surface area contributed by atoms with Crippen molar-refractivity contribution in [1.29, 1.82) is 0 Å². The van der Waals surface area contributed by atoms with Crippen LogP contribution in [0.3, 0.4) is 0 Å². The van der Waals surface area contributed by atoms with E-state index in [2.05, 4.69) is 24.1 Å². The summed E-state index contributed by atoms with van der Waals surface area (Å²) in [6.45, 7) is 7.90. The van der Waals surface area contributed by atoms with Gasteiger partial charge in [0.15, 0.2) is 0 Å². The van der Waals surface area contributed by atoms with Gasteiger partial charge in [-0.2, -0.15) is 0 Å². The SMILES string of the molecule is CC(C)N(CC1CCCN1)C(C)c1c(F)cccc1F. The van der Waals surface area contributed by atoms with Crippen molar-refractivity contribution in [3.05, 3.63) is 35.4 Å². The van der Waals surface area contributed by atoms with Gasteiger partial charge in [-0.3, -0.25) is 4.90 Å². The predicted octanol–water partition coefficient (Wildman–Crippen LogP) is 3.49. The monoisotopic (exact) mass is 282 g/mol. The van der Waals surface area contributed by atoms with E-state index in [0.29, 0.717) is 6.04 Å². The maximum Gasteiger partial charge on any atom is 0.130 e. The van der Waals surface area contributed by atoms with Gasteiger partial charge in [0, 0.05) is 30.2 Å². The number of hydrogen-bond acceptors (Lipinski definition) is 2. The van der Waals surface area contributed by atoms with Crippen molar-refractivity contribution < 1.29 is 8.78 Å². The molecule has 0 aliphatic carbocycles. The molecule has 0 radical (unpaired) electrons. The van der Waals surface area contributed by atoms with Gasteiger partial charge in [0.1, 0.15) is 11.6 Å². The minimum Gasteiger partial charge on any atom is -0.313 e. The molecule has 1 aromatic carbocycles. The Morgan fingerprint density at radius 2 is 1.90 bits per heavy atom. The summed E-state index contributed by atoms with van der Waals surface area (Å²) < 4.78 is 27.9. The molecule has 2 nitrogen and oxygen atoms in total. The summed E-state index contributed by atoms with van der Waals surface area (Å²) in [5.41, 5.74) is 0.180. The zero-order valence-corrected chi connectivity index (χ0v) is 12.5. The molecule has 20 heavy (non-hydrogen) atoms. The number of halogens is 2. The summed E-state index contributed by atoms with van der Waals surface area (Å²) in [4.78, 5) is 2.17. The van der Waals surface area contributed by atoms with Crippen molar-refractivity contribution in [2.24, 2.45) is 0 Å². The second kappa shape index (κ2) is 6.64. The largest absolute Gasteiger partial charge is 0.313 e. The predicted molar refractivity (Wildman–Crippen MR) is 77.6 cm³/mol. The first-order chi connectivity index (χ1) is 9.50. The summed E-state index contributed by atoms with van der Waals surface area (Å²) >= 11 is 0. The molecule has 1 aromatic rings. The van der Waals surface area contributed by atoms with Crippen molar-refractivity contribution in [1.82, 2.24) is 10.2 Å². The van der Waals surface area contributed by atoms with E-state index in [1.165, 1.54) is 24.6 Å². The maximum absolute atomic E-state index is 14.0. The van der Waals surface area contributed by atoms with Crippen molar-refractivity contribution in [2.45, 2.75) is 51.7 Å². The highest BCUT2D eigenvalue weighted by atomic mass is 19.1. The smallest absolute Gasteiger partial charge is 0.130 e. The number of nitrogens with one attached hydrogen (secondary N) is 1. The molecular formula is C16H24F2N2. The zero-order chi connectivity index (χ0) is 14.7. The number of hydrogen-bond donors (Lipinski definition) is 1. The van der Waals surface area contributed by atoms with Gasteiger partial charge in [0.25, 0.3) is 0 Å². The molecule has 1 aliphatic heterocycles. The molecule has 0 amide bonds. The van der Waals surface area contributed by atoms with Crippen LogP contribution in [-0.2, 0) is 0 Å². The Labute approximate surface area is 120 Å². The van der Waals surface area contributed by atoms with Crippen molar-refractivity contribution in [3.8, 4) is 0 Å². The normalized spacial score (nSPS) is 20.9. The maximum atomic E-state index is 14.0. The van der Waals surface area contributed by atoms with E-state index >= 15 is 0 Å².